The third kappa shape index (κ3) is 7.35. The first-order valence-corrected chi connectivity index (χ1v) is 20.9. The van der Waals surface area contributed by atoms with E-state index in [1.54, 1.807) is 0 Å². The molecule has 7 aromatic rings. The zero-order valence-corrected chi connectivity index (χ0v) is 34.1. The van der Waals surface area contributed by atoms with Crippen LogP contribution in [-0.4, -0.2) is 42.4 Å². The lowest BCUT2D eigenvalue weighted by atomic mass is 10.0. The molecule has 8 nitrogen and oxygen atoms in total. The maximum atomic E-state index is 12.4. The molecule has 4 aromatic carbocycles. The number of hydrogen-bond acceptors (Lipinski definition) is 4. The molecule has 2 amide bonds. The predicted molar refractivity (Wildman–Crippen MR) is 245 cm³/mol. The van der Waals surface area contributed by atoms with Crippen LogP contribution >= 0.6 is 31.9 Å². The summed E-state index contributed by atoms with van der Waals surface area (Å²) in [5.41, 5.74) is 15.4. The van der Waals surface area contributed by atoms with Crippen molar-refractivity contribution in [1.82, 2.24) is 19.9 Å². The Hall–Kier alpha value is -6.62. The quantitative estimate of drug-likeness (QED) is 0.114. The molecule has 3 aromatic heterocycles. The van der Waals surface area contributed by atoms with Crippen LogP contribution in [0.2, 0.25) is 0 Å². The summed E-state index contributed by atoms with van der Waals surface area (Å²) in [6, 6.07) is 44.5. The van der Waals surface area contributed by atoms with Gasteiger partial charge in [0, 0.05) is 55.7 Å². The fraction of sp³-hybridized carbons (Fsp3) is 0.0417. The molecule has 4 N–H and O–H groups in total. The van der Waals surface area contributed by atoms with Crippen molar-refractivity contribution >= 4 is 101 Å². The third-order valence-corrected chi connectivity index (χ3v) is 11.0. The second-order valence-corrected chi connectivity index (χ2v) is 14.9. The summed E-state index contributed by atoms with van der Waals surface area (Å²) in [5.74, 6) is -0.275. The van der Waals surface area contributed by atoms with Crippen molar-refractivity contribution < 1.29 is 9.59 Å². The van der Waals surface area contributed by atoms with Crippen molar-refractivity contribution in [1.29, 1.82) is 0 Å². The number of carbonyl (C=O) groups is 2. The van der Waals surface area contributed by atoms with E-state index in [2.05, 4.69) is 125 Å². The number of H-pyrrole nitrogens is 2. The fourth-order valence-electron chi connectivity index (χ4n) is 7.52. The van der Waals surface area contributed by atoms with E-state index < -0.39 is 0 Å². The van der Waals surface area contributed by atoms with Gasteiger partial charge in [0.25, 0.3) is 0 Å². The number of halogens is 2. The largest absolute Gasteiger partial charge is 0.354 e. The van der Waals surface area contributed by atoms with Gasteiger partial charge in [-0.2, -0.15) is 0 Å². The van der Waals surface area contributed by atoms with E-state index in [0.29, 0.717) is 11.4 Å². The van der Waals surface area contributed by atoms with Gasteiger partial charge in [-0.15, -0.1) is 0 Å². The first kappa shape index (κ1) is 37.0. The van der Waals surface area contributed by atoms with E-state index in [-0.39, 0.29) is 22.5 Å². The number of nitrogens with zero attached hydrogens (tertiary/aromatic N) is 2. The average molecular weight is 887 g/mol. The smallest absolute Gasteiger partial charge is 0.235 e. The van der Waals surface area contributed by atoms with E-state index >= 15 is 0 Å². The van der Waals surface area contributed by atoms with Gasteiger partial charge >= 0.3 is 0 Å². The molecule has 0 aliphatic carbocycles. The van der Waals surface area contributed by atoms with Gasteiger partial charge in [0.1, 0.15) is 0 Å². The van der Waals surface area contributed by atoms with Crippen molar-refractivity contribution in [3.63, 3.8) is 0 Å². The highest BCUT2D eigenvalue weighted by atomic mass is 79.9. The number of benzene rings is 4. The van der Waals surface area contributed by atoms with Gasteiger partial charge in [-0.25, -0.2) is 9.97 Å². The van der Waals surface area contributed by atoms with Gasteiger partial charge in [0.2, 0.25) is 11.8 Å². The lowest BCUT2D eigenvalue weighted by Gasteiger charge is -2.09. The molecule has 9 rings (SSSR count). The van der Waals surface area contributed by atoms with Crippen molar-refractivity contribution in [2.75, 3.05) is 21.3 Å². The molecule has 5 heterocycles. The van der Waals surface area contributed by atoms with E-state index in [1.807, 2.05) is 84.9 Å². The van der Waals surface area contributed by atoms with Gasteiger partial charge in [0.05, 0.1) is 33.4 Å². The van der Waals surface area contributed by atoms with Gasteiger partial charge in [-0.1, -0.05) is 117 Å². The van der Waals surface area contributed by atoms with Crippen LogP contribution in [0.3, 0.4) is 0 Å². The second kappa shape index (κ2) is 16.1. The summed E-state index contributed by atoms with van der Waals surface area (Å²) >= 11 is 6.54. The van der Waals surface area contributed by atoms with Crippen LogP contribution in [0, 0.1) is 0 Å². The lowest BCUT2D eigenvalue weighted by molar-refractivity contribution is -0.114. The Bertz CT molecular complexity index is 2770. The maximum absolute atomic E-state index is 12.4. The van der Waals surface area contributed by atoms with Crippen LogP contribution in [0.4, 0.5) is 11.4 Å². The van der Waals surface area contributed by atoms with Gasteiger partial charge in [-0.3, -0.25) is 9.59 Å². The number of anilines is 2. The first-order valence-electron chi connectivity index (χ1n) is 18.7. The molecule has 0 radical (unpaired) electrons. The molecular formula is C48H34Br2N6O2. The van der Waals surface area contributed by atoms with Crippen molar-refractivity contribution in [2.24, 2.45) is 0 Å². The number of rotatable bonds is 8. The third-order valence-electron chi connectivity index (χ3n) is 9.99. The summed E-state index contributed by atoms with van der Waals surface area (Å²) in [5, 5.41) is 6.35. The van der Waals surface area contributed by atoms with Gasteiger partial charge < -0.3 is 20.6 Å². The number of alkyl halides is 2. The van der Waals surface area contributed by atoms with Crippen LogP contribution in [0.15, 0.2) is 133 Å². The van der Waals surface area contributed by atoms with Crippen LogP contribution < -0.4 is 10.6 Å². The molecule has 0 saturated carbocycles. The minimum atomic E-state index is -0.137. The molecule has 2 aliphatic heterocycles. The first-order chi connectivity index (χ1) is 28.4. The zero-order chi connectivity index (χ0) is 39.6. The normalized spacial score (nSPS) is 11.8. The Morgan fingerprint density at radius 1 is 0.431 bits per heavy atom. The highest BCUT2D eigenvalue weighted by Gasteiger charge is 2.19. The Labute approximate surface area is 351 Å². The fourth-order valence-corrected chi connectivity index (χ4v) is 7.80. The SMILES string of the molecule is O=C(CBr)Nc1cccc(-c2c3nc(c(-c4ccccc4)c4ccc([nH]4)c(-c4cccc(NC(=O)CBr)c4)c4nc(c(-c5ccccc5)c5ccc2[nH]5)C=C4)C=C3)c1. The number of nitrogens with one attached hydrogen (secondary N) is 4. The molecular weight excluding hydrogens is 852 g/mol. The van der Waals surface area contributed by atoms with E-state index in [4.69, 9.17) is 9.97 Å². The van der Waals surface area contributed by atoms with E-state index in [9.17, 15) is 9.59 Å². The highest BCUT2D eigenvalue weighted by molar-refractivity contribution is 9.09. The molecule has 0 spiro atoms. The Morgan fingerprint density at radius 2 is 0.759 bits per heavy atom. The molecule has 0 saturated heterocycles. The topological polar surface area (TPSA) is 116 Å². The Morgan fingerprint density at radius 3 is 1.10 bits per heavy atom. The number of amides is 2. The predicted octanol–water partition coefficient (Wildman–Crippen LogP) is 12.0. The monoisotopic (exact) mass is 884 g/mol. The Balaban J connectivity index is 1.41. The summed E-state index contributed by atoms with van der Waals surface area (Å²) in [4.78, 5) is 43.1. The van der Waals surface area contributed by atoms with Crippen molar-refractivity contribution in [3.05, 3.63) is 156 Å². The molecule has 58 heavy (non-hydrogen) atoms. The molecule has 282 valence electrons. The highest BCUT2D eigenvalue weighted by Crippen LogP contribution is 2.39. The van der Waals surface area contributed by atoms with Crippen LogP contribution in [0.5, 0.6) is 0 Å². The average Bonchev–Trinajstić information content (AvgIpc) is 4.10. The molecule has 8 bridgehead atoms. The van der Waals surface area contributed by atoms with E-state index in [0.717, 1.165) is 89.4 Å². The number of aromatic amines is 2. The van der Waals surface area contributed by atoms with Gasteiger partial charge in [-0.05, 0) is 95.1 Å². The lowest BCUT2D eigenvalue weighted by Crippen LogP contribution is -2.12. The summed E-state index contributed by atoms with van der Waals surface area (Å²) in [6.07, 6.45) is 8.22. The molecule has 2 aliphatic rings. The maximum Gasteiger partial charge on any atom is 0.235 e. The van der Waals surface area contributed by atoms with Crippen LogP contribution in [0.1, 0.15) is 22.8 Å². The Kier molecular flexibility index (Phi) is 10.3. The molecule has 0 fully saturated rings. The van der Waals surface area contributed by atoms with Crippen molar-refractivity contribution in [3.8, 4) is 44.5 Å². The summed E-state index contributed by atoms with van der Waals surface area (Å²) in [6.45, 7) is 0. The number of hydrogen-bond donors (Lipinski definition) is 4. The molecule has 0 atom stereocenters. The molecule has 0 unspecified atom stereocenters. The zero-order valence-electron chi connectivity index (χ0n) is 30.9. The van der Waals surface area contributed by atoms with Gasteiger partial charge in [0.15, 0.2) is 0 Å². The minimum Gasteiger partial charge on any atom is -0.354 e. The van der Waals surface area contributed by atoms with E-state index in [1.165, 1.54) is 0 Å². The standard InChI is InChI=1S/C48H34Br2N6O2/c49-27-43(57)51-33-15-7-13-31(25-33)47-39-21-17-35(53-39)45(29-9-3-1-4-10-29)36-18-22-40(54-36)48(32-14-8-16-34(26-32)52-44(58)28-50)42-24-20-38(56-42)46(30-11-5-2-6-12-30)37-19-23-41(47)55-37/h1-26,53,56H,27-28H2,(H,51,57)(H,52,58). The summed E-state index contributed by atoms with van der Waals surface area (Å²) in [7, 11) is 0. The van der Waals surface area contributed by atoms with Crippen LogP contribution in [0.25, 0.3) is 90.9 Å². The van der Waals surface area contributed by atoms with Crippen molar-refractivity contribution in [2.45, 2.75) is 0 Å². The second-order valence-electron chi connectivity index (χ2n) is 13.8. The number of aromatic nitrogens is 4. The number of carbonyl (C=O) groups excluding carboxylic acids is 2. The summed E-state index contributed by atoms with van der Waals surface area (Å²) < 4.78 is 0. The van der Waals surface area contributed by atoms with Crippen LogP contribution in [-0.2, 0) is 9.59 Å². The minimum absolute atomic E-state index is 0.137. The molecule has 10 heteroatoms. The number of fused-ring (bicyclic) bond motifs is 8.